The summed E-state index contributed by atoms with van der Waals surface area (Å²) < 4.78 is 47.5. The molecule has 0 aliphatic heterocycles. The second kappa shape index (κ2) is 13.3. The van der Waals surface area contributed by atoms with Gasteiger partial charge in [-0.15, -0.1) is 11.3 Å². The number of nitrogens with zero attached hydrogens (tertiary/aromatic N) is 4. The topological polar surface area (TPSA) is 116 Å². The van der Waals surface area contributed by atoms with Gasteiger partial charge in [0.05, 0.1) is 46.2 Å². The smallest absolute Gasteiger partial charge is 0.215 e. The molecule has 0 bridgehead atoms. The number of anilines is 2. The highest BCUT2D eigenvalue weighted by molar-refractivity contribution is 7.73. The van der Waals surface area contributed by atoms with E-state index in [2.05, 4.69) is 25.3 Å². The van der Waals surface area contributed by atoms with E-state index < -0.39 is 10.3 Å². The Balaban J connectivity index is 1.30. The van der Waals surface area contributed by atoms with E-state index in [9.17, 15) is 12.8 Å². The fourth-order valence-electron chi connectivity index (χ4n) is 3.96. The van der Waals surface area contributed by atoms with Crippen molar-refractivity contribution >= 4 is 60.5 Å². The Morgan fingerprint density at radius 2 is 1.93 bits per heavy atom. The first kappa shape index (κ1) is 29.5. The molecule has 5 rings (SSSR count). The van der Waals surface area contributed by atoms with Crippen LogP contribution in [-0.2, 0) is 28.2 Å². The average Bonchev–Trinajstić information content (AvgIpc) is 3.43. The molecule has 0 fully saturated rings. The molecule has 9 nitrogen and oxygen atoms in total. The maximum atomic E-state index is 13.4. The van der Waals surface area contributed by atoms with Crippen molar-refractivity contribution in [3.05, 3.63) is 87.8 Å². The molecule has 42 heavy (non-hydrogen) atoms. The molecule has 0 radical (unpaired) electrons. The quantitative estimate of drug-likeness (QED) is 0.164. The number of fused-ring (bicyclic) bond motifs is 1. The van der Waals surface area contributed by atoms with Gasteiger partial charge in [-0.25, -0.2) is 19.3 Å². The van der Waals surface area contributed by atoms with Crippen LogP contribution in [0.25, 0.3) is 22.3 Å². The van der Waals surface area contributed by atoms with E-state index in [4.69, 9.17) is 21.1 Å². The van der Waals surface area contributed by atoms with Crippen LogP contribution in [-0.4, -0.2) is 39.8 Å². The van der Waals surface area contributed by atoms with Crippen LogP contribution in [0.3, 0.4) is 0 Å². The first-order valence-electron chi connectivity index (χ1n) is 12.8. The Bertz CT molecular complexity index is 1870. The highest BCUT2D eigenvalue weighted by Gasteiger charge is 2.13. The van der Waals surface area contributed by atoms with Gasteiger partial charge in [-0.05, 0) is 47.9 Å². The zero-order chi connectivity index (χ0) is 29.6. The van der Waals surface area contributed by atoms with Gasteiger partial charge in [0, 0.05) is 16.5 Å². The van der Waals surface area contributed by atoms with E-state index in [1.807, 2.05) is 25.3 Å². The molecule has 0 unspecified atom stereocenters. The third-order valence-corrected chi connectivity index (χ3v) is 8.28. The number of nitrogens with one attached hydrogen (secondary N) is 1. The summed E-state index contributed by atoms with van der Waals surface area (Å²) in [6, 6.07) is 13.3. The molecule has 13 heteroatoms. The van der Waals surface area contributed by atoms with Crippen molar-refractivity contribution in [2.75, 3.05) is 11.9 Å². The van der Waals surface area contributed by atoms with E-state index in [-0.39, 0.29) is 31.6 Å². The number of benzene rings is 2. The van der Waals surface area contributed by atoms with Crippen molar-refractivity contribution < 1.29 is 22.3 Å². The van der Waals surface area contributed by atoms with E-state index in [0.717, 1.165) is 5.39 Å². The number of thiazole rings is 1. The molecule has 0 aliphatic rings. The Kier molecular flexibility index (Phi) is 9.38. The summed E-state index contributed by atoms with van der Waals surface area (Å²) in [6.07, 6.45) is 3.09. The molecule has 0 atom stereocenters. The number of rotatable bonds is 11. The molecule has 0 aliphatic carbocycles. The fourth-order valence-corrected chi connectivity index (χ4v) is 5.48. The van der Waals surface area contributed by atoms with Gasteiger partial charge in [-0.3, -0.25) is 4.98 Å². The lowest BCUT2D eigenvalue weighted by Crippen LogP contribution is -2.16. The van der Waals surface area contributed by atoms with Gasteiger partial charge in [0.15, 0.2) is 0 Å². The summed E-state index contributed by atoms with van der Waals surface area (Å²) in [6.45, 7) is 4.00. The first-order chi connectivity index (χ1) is 20.3. The van der Waals surface area contributed by atoms with Crippen LogP contribution in [0, 0.1) is 11.7 Å². The highest BCUT2D eigenvalue weighted by atomic mass is 35.5. The van der Waals surface area contributed by atoms with Crippen LogP contribution in [0.5, 0.6) is 5.75 Å². The van der Waals surface area contributed by atoms with Crippen molar-refractivity contribution in [3.63, 3.8) is 0 Å². The molecule has 0 saturated carbocycles. The van der Waals surface area contributed by atoms with Gasteiger partial charge < -0.3 is 14.8 Å². The average molecular weight is 626 g/mol. The third kappa shape index (κ3) is 7.26. The Hall–Kier alpha value is -3.97. The first-order valence-corrected chi connectivity index (χ1v) is 15.1. The van der Waals surface area contributed by atoms with Crippen LogP contribution in [0.1, 0.15) is 24.4 Å². The van der Waals surface area contributed by atoms with Gasteiger partial charge in [-0.2, -0.15) is 8.42 Å². The number of ether oxygens (including phenoxy) is 2. The summed E-state index contributed by atoms with van der Waals surface area (Å²) in [5.41, 5.74) is 3.29. The molecule has 2 aromatic carbocycles. The maximum Gasteiger partial charge on any atom is 0.215 e. The lowest BCUT2D eigenvalue weighted by Gasteiger charge is -2.12. The Labute approximate surface area is 251 Å². The van der Waals surface area contributed by atoms with Crippen LogP contribution in [0.15, 0.2) is 66.4 Å². The largest absolute Gasteiger partial charge is 0.487 e. The monoisotopic (exact) mass is 625 g/mol. The van der Waals surface area contributed by atoms with Crippen molar-refractivity contribution in [2.24, 2.45) is 5.92 Å². The van der Waals surface area contributed by atoms with Gasteiger partial charge in [0.25, 0.3) is 0 Å². The molecular weight excluding hydrogens is 601 g/mol. The van der Waals surface area contributed by atoms with Crippen LogP contribution >= 0.6 is 22.9 Å². The minimum Gasteiger partial charge on any atom is -0.487 e. The standard InChI is InChI=1S/C29H25ClFN5O4S2/c1-17(2)27(42(37)38)13-39-14-28-36-25(15-41-28)23-10-21-24(11-32-23)33-16-34-29(21)35-20-6-7-26(22(30)9-20)40-12-18-4-3-5-19(31)8-18/h3-11,15-17H,12-14H2,1-2H3,(H,33,34,35). The summed E-state index contributed by atoms with van der Waals surface area (Å²) >= 11 is 7.87. The summed E-state index contributed by atoms with van der Waals surface area (Å²) in [4.78, 5) is 18.2. The SMILES string of the molecule is CC(C)C(COCc1nc(-c2cc3c(Nc4ccc(OCc5cccc(F)c5)c(Cl)c4)ncnc3cn2)cs1)=S(=O)=O. The van der Waals surface area contributed by atoms with Gasteiger partial charge >= 0.3 is 0 Å². The lowest BCUT2D eigenvalue weighted by atomic mass is 10.1. The molecule has 5 aromatic rings. The number of aromatic nitrogens is 4. The predicted octanol–water partition coefficient (Wildman–Crippen LogP) is 6.49. The molecule has 3 aromatic heterocycles. The molecule has 1 N–H and O–H groups in total. The van der Waals surface area contributed by atoms with E-state index in [1.54, 1.807) is 36.5 Å². The molecule has 0 saturated heterocycles. The Morgan fingerprint density at radius 3 is 2.69 bits per heavy atom. The minimum atomic E-state index is -2.29. The van der Waals surface area contributed by atoms with E-state index in [1.165, 1.54) is 29.8 Å². The zero-order valence-corrected chi connectivity index (χ0v) is 24.9. The zero-order valence-electron chi connectivity index (χ0n) is 22.5. The summed E-state index contributed by atoms with van der Waals surface area (Å²) in [5.74, 6) is 0.561. The fraction of sp³-hybridized carbons (Fsp3) is 0.207. The maximum absolute atomic E-state index is 13.4. The highest BCUT2D eigenvalue weighted by Crippen LogP contribution is 2.32. The van der Waals surface area contributed by atoms with Gasteiger partial charge in [0.2, 0.25) is 10.3 Å². The summed E-state index contributed by atoms with van der Waals surface area (Å²) in [5, 5.41) is 6.95. The Morgan fingerprint density at radius 1 is 1.07 bits per heavy atom. The predicted molar refractivity (Wildman–Crippen MR) is 162 cm³/mol. The number of halogens is 2. The minimum absolute atomic E-state index is 0.0212. The second-order valence-electron chi connectivity index (χ2n) is 9.47. The van der Waals surface area contributed by atoms with E-state index in [0.29, 0.717) is 54.6 Å². The number of pyridine rings is 1. The molecule has 3 heterocycles. The second-order valence-corrected chi connectivity index (χ2v) is 11.8. The third-order valence-electron chi connectivity index (χ3n) is 6.14. The molecular formula is C29H25ClFN5O4S2. The van der Waals surface area contributed by atoms with Gasteiger partial charge in [0.1, 0.15) is 35.3 Å². The number of hydrogen-bond donors (Lipinski definition) is 1. The van der Waals surface area contributed by atoms with Gasteiger partial charge in [-0.1, -0.05) is 37.6 Å². The molecule has 0 amide bonds. The normalized spacial score (nSPS) is 11.2. The lowest BCUT2D eigenvalue weighted by molar-refractivity contribution is 0.157. The molecule has 216 valence electrons. The van der Waals surface area contributed by atoms with E-state index >= 15 is 0 Å². The number of hydrogen-bond acceptors (Lipinski definition) is 10. The van der Waals surface area contributed by atoms with Crippen molar-refractivity contribution in [2.45, 2.75) is 27.1 Å². The van der Waals surface area contributed by atoms with Crippen molar-refractivity contribution in [3.8, 4) is 17.1 Å². The summed E-state index contributed by atoms with van der Waals surface area (Å²) in [7, 11) is -2.29. The van der Waals surface area contributed by atoms with Crippen LogP contribution in [0.4, 0.5) is 15.9 Å². The van der Waals surface area contributed by atoms with Crippen molar-refractivity contribution in [1.29, 1.82) is 0 Å². The van der Waals surface area contributed by atoms with Crippen LogP contribution < -0.4 is 10.1 Å². The molecule has 0 spiro atoms. The van der Waals surface area contributed by atoms with Crippen LogP contribution in [0.2, 0.25) is 5.02 Å². The van der Waals surface area contributed by atoms with Crippen molar-refractivity contribution in [1.82, 2.24) is 19.9 Å².